The van der Waals surface area contributed by atoms with E-state index in [9.17, 15) is 15.0 Å². The number of ether oxygens (including phenoxy) is 1. The summed E-state index contributed by atoms with van der Waals surface area (Å²) >= 11 is 0. The highest BCUT2D eigenvalue weighted by molar-refractivity contribution is 5.87. The van der Waals surface area contributed by atoms with E-state index < -0.39 is 29.9 Å². The Morgan fingerprint density at radius 1 is 1.48 bits per heavy atom. The number of aliphatic hydroxyl groups excluding tert-OH is 2. The van der Waals surface area contributed by atoms with Gasteiger partial charge < -0.3 is 20.1 Å². The number of carbonyl (C=O) groups is 1. The molecular formula is C16H26O5. The minimum absolute atomic E-state index is 0.0383. The summed E-state index contributed by atoms with van der Waals surface area (Å²) in [5.74, 6) is -1.27. The van der Waals surface area contributed by atoms with Crippen LogP contribution in [0.1, 0.15) is 40.5 Å². The molecule has 5 heteroatoms. The van der Waals surface area contributed by atoms with Crippen LogP contribution in [0.3, 0.4) is 0 Å². The lowest BCUT2D eigenvalue weighted by Crippen LogP contribution is -2.45. The number of hydrogen-bond donors (Lipinski definition) is 3. The SMILES string of the molecule is C=C(C(=O)O)[C@H]1O[C@@](C)([C@H](C)CC/C(C)=C\C)[C@H](O)[C@@H]1O. The first kappa shape index (κ1) is 17.9. The zero-order valence-electron chi connectivity index (χ0n) is 13.2. The molecule has 1 fully saturated rings. The minimum atomic E-state index is -1.27. The van der Waals surface area contributed by atoms with E-state index in [2.05, 4.69) is 6.58 Å². The zero-order valence-corrected chi connectivity index (χ0v) is 13.2. The first-order valence-electron chi connectivity index (χ1n) is 7.23. The fourth-order valence-corrected chi connectivity index (χ4v) is 2.60. The second-order valence-corrected chi connectivity index (χ2v) is 6.06. The van der Waals surface area contributed by atoms with Gasteiger partial charge >= 0.3 is 5.97 Å². The van der Waals surface area contributed by atoms with Crippen LogP contribution in [0, 0.1) is 5.92 Å². The van der Waals surface area contributed by atoms with Crippen LogP contribution in [-0.2, 0) is 9.53 Å². The van der Waals surface area contributed by atoms with Gasteiger partial charge in [0.05, 0.1) is 11.2 Å². The Morgan fingerprint density at radius 3 is 2.52 bits per heavy atom. The van der Waals surface area contributed by atoms with Crippen molar-refractivity contribution < 1.29 is 24.9 Å². The molecule has 0 aliphatic carbocycles. The van der Waals surface area contributed by atoms with Crippen molar-refractivity contribution in [2.75, 3.05) is 0 Å². The molecule has 5 atom stereocenters. The predicted molar refractivity (Wildman–Crippen MR) is 79.9 cm³/mol. The molecule has 120 valence electrons. The van der Waals surface area contributed by atoms with Crippen molar-refractivity contribution in [2.45, 2.75) is 64.4 Å². The summed E-state index contributed by atoms with van der Waals surface area (Å²) < 4.78 is 5.72. The van der Waals surface area contributed by atoms with E-state index in [1.165, 1.54) is 5.57 Å². The standard InChI is InChI=1S/C16H26O5/c1-6-9(2)7-8-10(3)16(5)14(18)12(17)13(21-16)11(4)15(19)20/h6,10,12-14,17-18H,4,7-8H2,1-3,5H3,(H,19,20)/b9-6-/t10-,12-,13-,14-,16+/m1/s1. The molecule has 0 radical (unpaired) electrons. The molecule has 0 aromatic heterocycles. The van der Waals surface area contributed by atoms with Crippen molar-refractivity contribution in [3.8, 4) is 0 Å². The van der Waals surface area contributed by atoms with Crippen LogP contribution in [-0.4, -0.2) is 45.2 Å². The normalized spacial score (nSPS) is 34.8. The van der Waals surface area contributed by atoms with Crippen LogP contribution in [0.5, 0.6) is 0 Å². The molecule has 1 heterocycles. The summed E-state index contributed by atoms with van der Waals surface area (Å²) in [5, 5.41) is 29.3. The van der Waals surface area contributed by atoms with E-state index >= 15 is 0 Å². The van der Waals surface area contributed by atoms with Gasteiger partial charge in [0.25, 0.3) is 0 Å². The van der Waals surface area contributed by atoms with Gasteiger partial charge in [0.15, 0.2) is 0 Å². The minimum Gasteiger partial charge on any atom is -0.478 e. The number of carboxylic acids is 1. The summed E-state index contributed by atoms with van der Waals surface area (Å²) in [7, 11) is 0. The molecule has 0 unspecified atom stereocenters. The lowest BCUT2D eigenvalue weighted by molar-refractivity contribution is -0.136. The van der Waals surface area contributed by atoms with Crippen LogP contribution in [0.4, 0.5) is 0 Å². The molecule has 3 N–H and O–H groups in total. The third-order valence-corrected chi connectivity index (χ3v) is 4.66. The number of allylic oxidation sites excluding steroid dienone is 2. The van der Waals surface area contributed by atoms with Gasteiger partial charge in [0.1, 0.15) is 18.3 Å². The molecule has 0 bridgehead atoms. The van der Waals surface area contributed by atoms with Crippen LogP contribution in [0.15, 0.2) is 23.8 Å². The Labute approximate surface area is 125 Å². The maximum atomic E-state index is 11.0. The zero-order chi connectivity index (χ0) is 16.4. The van der Waals surface area contributed by atoms with Crippen molar-refractivity contribution in [3.05, 3.63) is 23.8 Å². The number of hydrogen-bond acceptors (Lipinski definition) is 4. The first-order valence-corrected chi connectivity index (χ1v) is 7.23. The summed E-state index contributed by atoms with van der Waals surface area (Å²) in [6.45, 7) is 11.1. The summed E-state index contributed by atoms with van der Waals surface area (Å²) in [4.78, 5) is 11.0. The average Bonchev–Trinajstić information content (AvgIpc) is 2.68. The molecule has 21 heavy (non-hydrogen) atoms. The highest BCUT2D eigenvalue weighted by atomic mass is 16.6. The first-order chi connectivity index (χ1) is 9.65. The maximum absolute atomic E-state index is 11.0. The molecule has 0 saturated carbocycles. The lowest BCUT2D eigenvalue weighted by Gasteiger charge is -2.34. The Kier molecular flexibility index (Phi) is 5.73. The van der Waals surface area contributed by atoms with Crippen LogP contribution < -0.4 is 0 Å². The van der Waals surface area contributed by atoms with Crippen molar-refractivity contribution in [1.29, 1.82) is 0 Å². The van der Waals surface area contributed by atoms with E-state index in [-0.39, 0.29) is 11.5 Å². The summed E-state index contributed by atoms with van der Waals surface area (Å²) in [6.07, 6.45) is 0.188. The molecule has 5 nitrogen and oxygen atoms in total. The van der Waals surface area contributed by atoms with Gasteiger partial charge in [-0.3, -0.25) is 0 Å². The van der Waals surface area contributed by atoms with Gasteiger partial charge in [0, 0.05) is 0 Å². The second kappa shape index (κ2) is 6.73. The van der Waals surface area contributed by atoms with E-state index in [4.69, 9.17) is 9.84 Å². The van der Waals surface area contributed by atoms with Crippen LogP contribution >= 0.6 is 0 Å². The van der Waals surface area contributed by atoms with Crippen molar-refractivity contribution in [2.24, 2.45) is 5.92 Å². The molecule has 1 rings (SSSR count). The van der Waals surface area contributed by atoms with Crippen molar-refractivity contribution in [1.82, 2.24) is 0 Å². The Hall–Kier alpha value is -1.17. The quantitative estimate of drug-likeness (QED) is 0.515. The van der Waals surface area contributed by atoms with Gasteiger partial charge in [-0.1, -0.05) is 25.2 Å². The molecule has 1 aliphatic rings. The third-order valence-electron chi connectivity index (χ3n) is 4.66. The molecule has 0 spiro atoms. The molecule has 1 aliphatic heterocycles. The van der Waals surface area contributed by atoms with E-state index in [0.717, 1.165) is 12.8 Å². The van der Waals surface area contributed by atoms with Crippen LogP contribution in [0.2, 0.25) is 0 Å². The Morgan fingerprint density at radius 2 is 2.05 bits per heavy atom. The Bertz CT molecular complexity index is 442. The summed E-state index contributed by atoms with van der Waals surface area (Å²) in [5.41, 5.74) is 0.0170. The van der Waals surface area contributed by atoms with E-state index in [1.807, 2.05) is 26.8 Å². The van der Waals surface area contributed by atoms with Crippen molar-refractivity contribution >= 4 is 5.97 Å². The average molecular weight is 298 g/mol. The van der Waals surface area contributed by atoms with Gasteiger partial charge in [-0.2, -0.15) is 0 Å². The number of aliphatic hydroxyl groups is 2. The second-order valence-electron chi connectivity index (χ2n) is 6.06. The molecule has 0 amide bonds. The van der Waals surface area contributed by atoms with Gasteiger partial charge in [-0.05, 0) is 39.5 Å². The monoisotopic (exact) mass is 298 g/mol. The van der Waals surface area contributed by atoms with Gasteiger partial charge in [-0.15, -0.1) is 0 Å². The predicted octanol–water partition coefficient (Wildman–Crippen LogP) is 1.89. The topological polar surface area (TPSA) is 87.0 Å². The molecule has 0 aromatic carbocycles. The lowest BCUT2D eigenvalue weighted by atomic mass is 9.81. The smallest absolute Gasteiger partial charge is 0.333 e. The van der Waals surface area contributed by atoms with Gasteiger partial charge in [0.2, 0.25) is 0 Å². The van der Waals surface area contributed by atoms with Gasteiger partial charge in [-0.25, -0.2) is 4.79 Å². The van der Waals surface area contributed by atoms with E-state index in [0.29, 0.717) is 0 Å². The number of carboxylic acid groups (broad SMARTS) is 1. The fourth-order valence-electron chi connectivity index (χ4n) is 2.60. The fraction of sp³-hybridized carbons (Fsp3) is 0.688. The summed E-state index contributed by atoms with van der Waals surface area (Å²) in [6, 6.07) is 0. The third kappa shape index (κ3) is 3.54. The maximum Gasteiger partial charge on any atom is 0.333 e. The van der Waals surface area contributed by atoms with E-state index in [1.54, 1.807) is 6.92 Å². The molecule has 0 aromatic rings. The Balaban J connectivity index is 2.85. The van der Waals surface area contributed by atoms with Crippen LogP contribution in [0.25, 0.3) is 0 Å². The van der Waals surface area contributed by atoms with Crippen molar-refractivity contribution in [3.63, 3.8) is 0 Å². The largest absolute Gasteiger partial charge is 0.478 e. The molecular weight excluding hydrogens is 272 g/mol. The highest BCUT2D eigenvalue weighted by Gasteiger charge is 2.54. The highest BCUT2D eigenvalue weighted by Crippen LogP contribution is 2.41. The molecule has 1 saturated heterocycles. The number of aliphatic carboxylic acids is 1. The number of rotatable bonds is 6.